The van der Waals surface area contributed by atoms with Crippen molar-refractivity contribution in [2.24, 2.45) is 0 Å². The second-order valence-electron chi connectivity index (χ2n) is 11.7. The first-order chi connectivity index (χ1) is 21.6. The van der Waals surface area contributed by atoms with Crippen LogP contribution in [0.25, 0.3) is 0 Å². The van der Waals surface area contributed by atoms with Crippen LogP contribution < -0.4 is 10.6 Å². The largest absolute Gasteiger partial charge is 0.465 e. The lowest BCUT2D eigenvalue weighted by atomic mass is 9.93. The van der Waals surface area contributed by atoms with Crippen LogP contribution in [-0.2, 0) is 33.7 Å². The lowest BCUT2D eigenvalue weighted by molar-refractivity contribution is 0.0465. The van der Waals surface area contributed by atoms with Crippen molar-refractivity contribution in [2.45, 2.75) is 77.4 Å². The fourth-order valence-electron chi connectivity index (χ4n) is 4.73. The molecule has 2 N–H and O–H groups in total. The minimum atomic E-state index is -0.676. The summed E-state index contributed by atoms with van der Waals surface area (Å²) in [4.78, 5) is 27.9. The van der Waals surface area contributed by atoms with Crippen molar-refractivity contribution in [3.8, 4) is 0 Å². The Labute approximate surface area is 272 Å². The fourth-order valence-corrected chi connectivity index (χ4v) is 5.06. The van der Waals surface area contributed by atoms with Gasteiger partial charge in [0, 0.05) is 25.2 Å². The molecular weight excluding hydrogens is 586 g/mol. The van der Waals surface area contributed by atoms with Gasteiger partial charge in [0.2, 0.25) is 0 Å². The van der Waals surface area contributed by atoms with Crippen molar-refractivity contribution in [2.75, 3.05) is 6.54 Å². The number of thiocarbonyl (C=S) groups is 1. The molecule has 2 amide bonds. The molecule has 0 radical (unpaired) electrons. The third kappa shape index (κ3) is 13.0. The molecule has 0 saturated heterocycles. The van der Waals surface area contributed by atoms with Gasteiger partial charge in [0.1, 0.15) is 18.3 Å². The number of ether oxygens (including phenoxy) is 3. The molecule has 0 aromatic heterocycles. The lowest BCUT2D eigenvalue weighted by Gasteiger charge is -2.33. The summed E-state index contributed by atoms with van der Waals surface area (Å²) in [6, 6.07) is 28.1. The Hall–Kier alpha value is -4.37. The van der Waals surface area contributed by atoms with Gasteiger partial charge in [-0.05, 0) is 69.4 Å². The number of carbonyl (C=O) groups is 2. The average molecular weight is 632 g/mol. The Bertz CT molecular complexity index is 1350. The number of nitrogens with zero attached hydrogens (tertiary/aromatic N) is 1. The van der Waals surface area contributed by atoms with E-state index in [1.54, 1.807) is 11.1 Å². The van der Waals surface area contributed by atoms with E-state index in [1.807, 2.05) is 119 Å². The highest BCUT2D eigenvalue weighted by Gasteiger charge is 2.32. The van der Waals surface area contributed by atoms with Crippen LogP contribution in [0.15, 0.2) is 104 Å². The predicted octanol–water partition coefficient (Wildman–Crippen LogP) is 7.19. The summed E-state index contributed by atoms with van der Waals surface area (Å²) in [5, 5.41) is 6.30. The summed E-state index contributed by atoms with van der Waals surface area (Å²) in [5.41, 5.74) is 2.21. The molecule has 8 nitrogen and oxygen atoms in total. The van der Waals surface area contributed by atoms with Crippen molar-refractivity contribution in [3.63, 3.8) is 0 Å². The molecule has 3 rings (SSSR count). The van der Waals surface area contributed by atoms with E-state index in [0.29, 0.717) is 25.8 Å². The number of hydrogen-bond acceptors (Lipinski definition) is 6. The van der Waals surface area contributed by atoms with Gasteiger partial charge >= 0.3 is 12.2 Å². The summed E-state index contributed by atoms with van der Waals surface area (Å²) in [6.45, 7) is 11.9. The monoisotopic (exact) mass is 631 g/mol. The van der Waals surface area contributed by atoms with E-state index in [2.05, 4.69) is 17.2 Å². The number of benzene rings is 3. The van der Waals surface area contributed by atoms with E-state index in [0.717, 1.165) is 16.7 Å². The van der Waals surface area contributed by atoms with Crippen LogP contribution in [0, 0.1) is 0 Å². The third-order valence-electron chi connectivity index (χ3n) is 6.87. The molecule has 3 aromatic rings. The quantitative estimate of drug-likeness (QED) is 0.182. The molecule has 0 heterocycles. The van der Waals surface area contributed by atoms with E-state index in [-0.39, 0.29) is 11.8 Å². The lowest BCUT2D eigenvalue weighted by Crippen LogP contribution is -2.51. The number of nitrogens with one attached hydrogen (secondary N) is 2. The van der Waals surface area contributed by atoms with Crippen molar-refractivity contribution >= 4 is 29.6 Å². The zero-order chi connectivity index (χ0) is 32.7. The van der Waals surface area contributed by atoms with Gasteiger partial charge in [-0.15, -0.1) is 0 Å². The third-order valence-corrected chi connectivity index (χ3v) is 7.20. The highest BCUT2D eigenvalue weighted by molar-refractivity contribution is 7.80. The second-order valence-corrected chi connectivity index (χ2v) is 12.0. The van der Waals surface area contributed by atoms with Crippen LogP contribution in [-0.4, -0.2) is 52.6 Å². The molecule has 0 aliphatic heterocycles. The summed E-state index contributed by atoms with van der Waals surface area (Å²) in [6.07, 6.45) is 1.05. The molecule has 0 saturated carbocycles. The van der Waals surface area contributed by atoms with Gasteiger partial charge in [-0.25, -0.2) is 9.59 Å². The first kappa shape index (κ1) is 35.1. The van der Waals surface area contributed by atoms with E-state index >= 15 is 0 Å². The summed E-state index contributed by atoms with van der Waals surface area (Å²) in [7, 11) is 0. The van der Waals surface area contributed by atoms with Gasteiger partial charge in [-0.3, -0.25) is 0 Å². The van der Waals surface area contributed by atoms with Crippen LogP contribution in [0.3, 0.4) is 0 Å². The number of rotatable bonds is 14. The fraction of sp³-hybridized carbons (Fsp3) is 0.361. The van der Waals surface area contributed by atoms with E-state index in [9.17, 15) is 9.59 Å². The number of hydrogen-bond donors (Lipinski definition) is 2. The van der Waals surface area contributed by atoms with Crippen LogP contribution in [0.5, 0.6) is 0 Å². The summed E-state index contributed by atoms with van der Waals surface area (Å²) >= 11 is 5.68. The molecule has 0 unspecified atom stereocenters. The van der Waals surface area contributed by atoms with Crippen molar-refractivity contribution in [1.82, 2.24) is 15.5 Å². The Kier molecular flexibility index (Phi) is 13.9. The molecule has 0 fully saturated rings. The SMILES string of the molecule is C=CN(CC)C(=S)O[C@@H](C[C@H](Cc1ccccc1)NC(=O)OC(C)(C)C)[C@H](Cc1ccccc1)NC(=O)OCc1ccccc1. The molecule has 9 heteroatoms. The Morgan fingerprint density at radius 3 is 1.89 bits per heavy atom. The Morgan fingerprint density at radius 2 is 1.38 bits per heavy atom. The summed E-state index contributed by atoms with van der Waals surface area (Å²) in [5.74, 6) is 0. The molecule has 3 atom stereocenters. The first-order valence-electron chi connectivity index (χ1n) is 15.2. The summed E-state index contributed by atoms with van der Waals surface area (Å²) < 4.78 is 17.7. The predicted molar refractivity (Wildman–Crippen MR) is 182 cm³/mol. The van der Waals surface area contributed by atoms with Crippen LogP contribution >= 0.6 is 12.2 Å². The number of alkyl carbamates (subject to hydrolysis) is 2. The topological polar surface area (TPSA) is 89.1 Å². The molecule has 0 aliphatic carbocycles. The molecule has 0 spiro atoms. The van der Waals surface area contributed by atoms with Crippen LogP contribution in [0.2, 0.25) is 0 Å². The average Bonchev–Trinajstić information content (AvgIpc) is 3.00. The molecule has 240 valence electrons. The zero-order valence-corrected chi connectivity index (χ0v) is 27.4. The minimum absolute atomic E-state index is 0.117. The standard InChI is InChI=1S/C36H45N3O5S/c1-6-39(7-2)35(45)43-32(25-30(23-27-17-11-8-12-18-27)37-34(41)44-36(3,4)5)31(24-28-19-13-9-14-20-28)38-33(40)42-26-29-21-15-10-16-22-29/h6,8-22,30-32H,1,7,23-26H2,2-5H3,(H,37,41)(H,38,40)/t30-,31-,32-/m0/s1. The van der Waals surface area contributed by atoms with Gasteiger partial charge in [0.05, 0.1) is 6.04 Å². The maximum atomic E-state index is 13.2. The molecule has 45 heavy (non-hydrogen) atoms. The van der Waals surface area contributed by atoms with Crippen molar-refractivity contribution in [3.05, 3.63) is 120 Å². The number of carbonyl (C=O) groups excluding carboxylic acids is 2. The maximum absolute atomic E-state index is 13.2. The van der Waals surface area contributed by atoms with Crippen LogP contribution in [0.4, 0.5) is 9.59 Å². The van der Waals surface area contributed by atoms with E-state index < -0.39 is 36.0 Å². The molecular formula is C36H45N3O5S. The van der Waals surface area contributed by atoms with Gasteiger partial charge in [0.15, 0.2) is 0 Å². The van der Waals surface area contributed by atoms with Crippen LogP contribution in [0.1, 0.15) is 50.8 Å². The molecule has 3 aromatic carbocycles. The highest BCUT2D eigenvalue weighted by atomic mass is 32.1. The van der Waals surface area contributed by atoms with Gasteiger partial charge in [-0.1, -0.05) is 97.6 Å². The Balaban J connectivity index is 1.94. The highest BCUT2D eigenvalue weighted by Crippen LogP contribution is 2.19. The molecule has 0 aliphatic rings. The van der Waals surface area contributed by atoms with E-state index in [1.165, 1.54) is 0 Å². The normalized spacial score (nSPS) is 13.0. The van der Waals surface area contributed by atoms with Crippen molar-refractivity contribution < 1.29 is 23.8 Å². The van der Waals surface area contributed by atoms with Gasteiger partial charge in [-0.2, -0.15) is 0 Å². The number of amides is 2. The second kappa shape index (κ2) is 17.8. The van der Waals surface area contributed by atoms with Gasteiger partial charge in [0.25, 0.3) is 5.17 Å². The molecule has 0 bridgehead atoms. The minimum Gasteiger partial charge on any atom is -0.465 e. The maximum Gasteiger partial charge on any atom is 0.407 e. The van der Waals surface area contributed by atoms with E-state index in [4.69, 9.17) is 26.4 Å². The first-order valence-corrected chi connectivity index (χ1v) is 15.6. The Morgan fingerprint density at radius 1 is 0.844 bits per heavy atom. The van der Waals surface area contributed by atoms with Crippen molar-refractivity contribution in [1.29, 1.82) is 0 Å². The smallest absolute Gasteiger partial charge is 0.407 e. The zero-order valence-electron chi connectivity index (χ0n) is 26.6. The van der Waals surface area contributed by atoms with Gasteiger partial charge < -0.3 is 29.7 Å².